The Bertz CT molecular complexity index is 856. The second kappa shape index (κ2) is 4.88. The van der Waals surface area contributed by atoms with Crippen molar-refractivity contribution in [2.24, 2.45) is 0 Å². The van der Waals surface area contributed by atoms with Gasteiger partial charge in [0.15, 0.2) is 6.29 Å². The maximum absolute atomic E-state index is 11.6. The Labute approximate surface area is 125 Å². The Hall–Kier alpha value is -2.35. The molecule has 0 amide bonds. The summed E-state index contributed by atoms with van der Waals surface area (Å²) in [5.41, 5.74) is 8.86. The van der Waals surface area contributed by atoms with E-state index in [1.807, 2.05) is 16.7 Å². The van der Waals surface area contributed by atoms with Gasteiger partial charge in [0.2, 0.25) is 0 Å². The normalized spacial score (nSPS) is 11.0. The van der Waals surface area contributed by atoms with Crippen LogP contribution in [-0.2, 0) is 0 Å². The highest BCUT2D eigenvalue weighted by Gasteiger charge is 2.14. The third-order valence-electron chi connectivity index (χ3n) is 4.21. The van der Waals surface area contributed by atoms with Gasteiger partial charge >= 0.3 is 0 Å². The van der Waals surface area contributed by atoms with E-state index in [2.05, 4.69) is 52.0 Å². The molecule has 0 bridgehead atoms. The Morgan fingerprint density at radius 1 is 0.857 bits per heavy atom. The predicted molar refractivity (Wildman–Crippen MR) is 87.2 cm³/mol. The van der Waals surface area contributed by atoms with Crippen molar-refractivity contribution >= 4 is 11.8 Å². The summed E-state index contributed by atoms with van der Waals surface area (Å²) in [4.78, 5) is 11.6. The molecule has 0 fully saturated rings. The van der Waals surface area contributed by atoms with Gasteiger partial charge in [0.1, 0.15) is 0 Å². The molecule has 21 heavy (non-hydrogen) atoms. The minimum Gasteiger partial charge on any atom is -0.314 e. The zero-order valence-corrected chi connectivity index (χ0v) is 12.9. The number of aldehydes is 1. The number of hydrogen-bond donors (Lipinski definition) is 0. The maximum atomic E-state index is 11.6. The van der Waals surface area contributed by atoms with E-state index in [1.165, 1.54) is 22.3 Å². The van der Waals surface area contributed by atoms with Gasteiger partial charge in [-0.25, -0.2) is 0 Å². The number of hydrogen-bond acceptors (Lipinski definition) is 1. The summed E-state index contributed by atoms with van der Waals surface area (Å²) in [6, 6.07) is 10.6. The smallest absolute Gasteiger partial charge is 0.167 e. The first kappa shape index (κ1) is 13.6. The van der Waals surface area contributed by atoms with Crippen molar-refractivity contribution in [2.45, 2.75) is 27.7 Å². The second-order valence-corrected chi connectivity index (χ2v) is 5.81. The molecular weight excluding hydrogens is 258 g/mol. The summed E-state index contributed by atoms with van der Waals surface area (Å²) in [6.07, 6.45) is 2.92. The van der Waals surface area contributed by atoms with Crippen LogP contribution in [0.4, 0.5) is 0 Å². The average Bonchev–Trinajstić information content (AvgIpc) is 2.80. The quantitative estimate of drug-likeness (QED) is 0.625. The lowest BCUT2D eigenvalue weighted by Gasteiger charge is -2.09. The van der Waals surface area contributed by atoms with Crippen molar-refractivity contribution in [1.82, 2.24) is 4.40 Å². The largest absolute Gasteiger partial charge is 0.314 e. The van der Waals surface area contributed by atoms with Gasteiger partial charge in [-0.05, 0) is 73.7 Å². The van der Waals surface area contributed by atoms with E-state index in [1.54, 1.807) is 0 Å². The molecular formula is C19H19NO. The van der Waals surface area contributed by atoms with Gasteiger partial charge in [-0.2, -0.15) is 0 Å². The van der Waals surface area contributed by atoms with Crippen molar-refractivity contribution in [2.75, 3.05) is 0 Å². The van der Waals surface area contributed by atoms with Crippen LogP contribution < -0.4 is 0 Å². The fourth-order valence-corrected chi connectivity index (χ4v) is 2.90. The van der Waals surface area contributed by atoms with E-state index >= 15 is 0 Å². The number of aryl methyl sites for hydroxylation is 4. The van der Waals surface area contributed by atoms with Crippen LogP contribution in [-0.4, -0.2) is 10.7 Å². The first-order valence-electron chi connectivity index (χ1n) is 7.16. The van der Waals surface area contributed by atoms with E-state index in [0.29, 0.717) is 0 Å². The van der Waals surface area contributed by atoms with Crippen LogP contribution in [0.15, 0.2) is 36.5 Å². The van der Waals surface area contributed by atoms with Crippen molar-refractivity contribution in [3.05, 3.63) is 64.5 Å². The van der Waals surface area contributed by atoms with Gasteiger partial charge in [-0.3, -0.25) is 4.79 Å². The monoisotopic (exact) mass is 277 g/mol. The van der Waals surface area contributed by atoms with Gasteiger partial charge in [0, 0.05) is 17.3 Å². The zero-order chi connectivity index (χ0) is 15.1. The Morgan fingerprint density at radius 3 is 2.29 bits per heavy atom. The Kier molecular flexibility index (Phi) is 3.17. The molecule has 1 aromatic carbocycles. The summed E-state index contributed by atoms with van der Waals surface area (Å²) in [5.74, 6) is 0. The standard InChI is InChI=1S/C19H19NO/c1-12-5-6-20-16(7-12)10-18(19(20)11-21)17-9-14(3)13(2)8-15(17)4/h5-11H,1-4H3. The van der Waals surface area contributed by atoms with E-state index in [-0.39, 0.29) is 0 Å². The van der Waals surface area contributed by atoms with Gasteiger partial charge in [0.25, 0.3) is 0 Å². The molecule has 0 aliphatic heterocycles. The summed E-state index contributed by atoms with van der Waals surface area (Å²) in [7, 11) is 0. The maximum Gasteiger partial charge on any atom is 0.167 e. The second-order valence-electron chi connectivity index (χ2n) is 5.81. The first-order chi connectivity index (χ1) is 10.0. The molecule has 0 radical (unpaired) electrons. The van der Waals surface area contributed by atoms with Crippen LogP contribution in [0.5, 0.6) is 0 Å². The third kappa shape index (κ3) is 2.17. The average molecular weight is 277 g/mol. The molecule has 2 heterocycles. The summed E-state index contributed by atoms with van der Waals surface area (Å²) < 4.78 is 1.96. The van der Waals surface area contributed by atoms with Crippen molar-refractivity contribution < 1.29 is 4.79 Å². The third-order valence-corrected chi connectivity index (χ3v) is 4.21. The molecule has 2 aromatic heterocycles. The molecule has 2 heteroatoms. The predicted octanol–water partition coefficient (Wildman–Crippen LogP) is 4.65. The molecule has 0 spiro atoms. The molecule has 0 saturated carbocycles. The number of nitrogens with zero attached hydrogens (tertiary/aromatic N) is 1. The van der Waals surface area contributed by atoms with Crippen molar-refractivity contribution in [3.63, 3.8) is 0 Å². The molecule has 3 rings (SSSR count). The zero-order valence-electron chi connectivity index (χ0n) is 12.9. The minimum absolute atomic E-state index is 0.719. The lowest BCUT2D eigenvalue weighted by molar-refractivity contribution is 0.111. The molecule has 0 atom stereocenters. The molecule has 0 aliphatic rings. The van der Waals surface area contributed by atoms with Crippen molar-refractivity contribution in [3.8, 4) is 11.1 Å². The van der Waals surface area contributed by atoms with Gasteiger partial charge < -0.3 is 4.40 Å². The van der Waals surface area contributed by atoms with E-state index in [9.17, 15) is 4.79 Å². The fraction of sp³-hybridized carbons (Fsp3) is 0.211. The van der Waals surface area contributed by atoms with Crippen LogP contribution in [0, 0.1) is 27.7 Å². The SMILES string of the molecule is Cc1ccn2c(C=O)c(-c3cc(C)c(C)cc3C)cc2c1. The minimum atomic E-state index is 0.719. The summed E-state index contributed by atoms with van der Waals surface area (Å²) in [6.45, 7) is 8.39. The summed E-state index contributed by atoms with van der Waals surface area (Å²) in [5, 5.41) is 0. The van der Waals surface area contributed by atoms with Crippen LogP contribution in [0.25, 0.3) is 16.6 Å². The summed E-state index contributed by atoms with van der Waals surface area (Å²) >= 11 is 0. The molecule has 106 valence electrons. The fourth-order valence-electron chi connectivity index (χ4n) is 2.90. The number of carbonyl (C=O) groups excluding carboxylic acids is 1. The van der Waals surface area contributed by atoms with Crippen LogP contribution in [0.2, 0.25) is 0 Å². The van der Waals surface area contributed by atoms with Crippen molar-refractivity contribution in [1.29, 1.82) is 0 Å². The highest BCUT2D eigenvalue weighted by molar-refractivity contribution is 5.91. The molecule has 0 saturated heterocycles. The van der Waals surface area contributed by atoms with Gasteiger partial charge in [0.05, 0.1) is 5.69 Å². The number of carbonyl (C=O) groups is 1. The lowest BCUT2D eigenvalue weighted by atomic mass is 9.95. The molecule has 0 N–H and O–H groups in total. The molecule has 3 aromatic rings. The topological polar surface area (TPSA) is 21.5 Å². The van der Waals surface area contributed by atoms with Crippen LogP contribution in [0.3, 0.4) is 0 Å². The van der Waals surface area contributed by atoms with Gasteiger partial charge in [-0.15, -0.1) is 0 Å². The van der Waals surface area contributed by atoms with E-state index < -0.39 is 0 Å². The molecule has 0 aliphatic carbocycles. The first-order valence-corrected chi connectivity index (χ1v) is 7.16. The number of fused-ring (bicyclic) bond motifs is 1. The lowest BCUT2D eigenvalue weighted by Crippen LogP contribution is -1.94. The Balaban J connectivity index is 2.34. The highest BCUT2D eigenvalue weighted by Crippen LogP contribution is 2.31. The van der Waals surface area contributed by atoms with Crippen LogP contribution >= 0.6 is 0 Å². The number of rotatable bonds is 2. The highest BCUT2D eigenvalue weighted by atomic mass is 16.1. The van der Waals surface area contributed by atoms with Gasteiger partial charge in [-0.1, -0.05) is 12.1 Å². The molecule has 2 nitrogen and oxygen atoms in total. The number of pyridine rings is 1. The molecule has 0 unspecified atom stereocenters. The Morgan fingerprint density at radius 2 is 1.57 bits per heavy atom. The number of benzene rings is 1. The van der Waals surface area contributed by atoms with Crippen LogP contribution in [0.1, 0.15) is 32.7 Å². The number of aromatic nitrogens is 1. The van der Waals surface area contributed by atoms with E-state index in [4.69, 9.17) is 0 Å². The van der Waals surface area contributed by atoms with E-state index in [0.717, 1.165) is 28.6 Å².